The minimum absolute atomic E-state index is 0.0731. The maximum absolute atomic E-state index is 9.39. The summed E-state index contributed by atoms with van der Waals surface area (Å²) in [6.07, 6.45) is -2.20. The number of alkyl halides is 1. The summed E-state index contributed by atoms with van der Waals surface area (Å²) in [5.74, 6) is 0.476. The summed E-state index contributed by atoms with van der Waals surface area (Å²) in [5.41, 5.74) is 0. The molecule has 0 aliphatic heterocycles. The highest BCUT2D eigenvalue weighted by Gasteiger charge is 2.20. The predicted octanol–water partition coefficient (Wildman–Crippen LogP) is 0.405. The Morgan fingerprint density at radius 1 is 1.38 bits per heavy atom. The van der Waals surface area contributed by atoms with Gasteiger partial charge in [-0.25, -0.2) is 0 Å². The van der Waals surface area contributed by atoms with Gasteiger partial charge in [-0.3, -0.25) is 0 Å². The molecule has 0 saturated carbocycles. The second kappa shape index (κ2) is 4.62. The molecular weight excluding hydrogens is 196 g/mol. The molecule has 2 unspecified atom stereocenters. The smallest absolute Gasteiger partial charge is 0.139 e. The van der Waals surface area contributed by atoms with E-state index < -0.39 is 12.2 Å². The molecule has 0 radical (unpaired) electrons. The van der Waals surface area contributed by atoms with Crippen molar-refractivity contribution in [2.75, 3.05) is 5.88 Å². The molecule has 0 aliphatic rings. The van der Waals surface area contributed by atoms with Crippen molar-refractivity contribution in [3.05, 3.63) is 23.7 Å². The summed E-state index contributed by atoms with van der Waals surface area (Å²) >= 11 is 5.34. The Labute approximate surface area is 80.4 Å². The summed E-state index contributed by atoms with van der Waals surface area (Å²) in [5, 5.41) is 27.2. The summed E-state index contributed by atoms with van der Waals surface area (Å²) in [4.78, 5) is 0. The van der Waals surface area contributed by atoms with Crippen molar-refractivity contribution < 1.29 is 19.7 Å². The lowest BCUT2D eigenvalue weighted by atomic mass is 10.2. The van der Waals surface area contributed by atoms with E-state index in [0.29, 0.717) is 5.76 Å². The van der Waals surface area contributed by atoms with Crippen molar-refractivity contribution in [3.63, 3.8) is 0 Å². The van der Waals surface area contributed by atoms with E-state index in [4.69, 9.17) is 26.2 Å². The first-order chi connectivity index (χ1) is 6.19. The van der Waals surface area contributed by atoms with Gasteiger partial charge in [0.25, 0.3) is 0 Å². The zero-order chi connectivity index (χ0) is 9.84. The van der Waals surface area contributed by atoms with Crippen LogP contribution >= 0.6 is 11.6 Å². The van der Waals surface area contributed by atoms with Gasteiger partial charge in [-0.2, -0.15) is 0 Å². The van der Waals surface area contributed by atoms with E-state index >= 15 is 0 Å². The van der Waals surface area contributed by atoms with Crippen LogP contribution in [0, 0.1) is 0 Å². The molecule has 1 heterocycles. The Bertz CT molecular complexity index is 260. The maximum Gasteiger partial charge on any atom is 0.139 e. The van der Waals surface area contributed by atoms with Crippen molar-refractivity contribution in [2.24, 2.45) is 0 Å². The van der Waals surface area contributed by atoms with Gasteiger partial charge in [-0.15, -0.1) is 11.6 Å². The lowest BCUT2D eigenvalue weighted by molar-refractivity contribution is 0.0175. The summed E-state index contributed by atoms with van der Waals surface area (Å²) in [7, 11) is 0. The minimum Gasteiger partial charge on any atom is -0.461 e. The fourth-order valence-electron chi connectivity index (χ4n) is 0.912. The molecule has 2 atom stereocenters. The molecule has 0 fully saturated rings. The zero-order valence-corrected chi connectivity index (χ0v) is 7.61. The number of halogens is 1. The van der Waals surface area contributed by atoms with Gasteiger partial charge in [0, 0.05) is 0 Å². The van der Waals surface area contributed by atoms with Gasteiger partial charge in [-0.1, -0.05) is 0 Å². The average Bonchev–Trinajstić information content (AvgIpc) is 2.63. The number of hydrogen-bond acceptors (Lipinski definition) is 4. The van der Waals surface area contributed by atoms with Crippen LogP contribution < -0.4 is 0 Å². The van der Waals surface area contributed by atoms with Gasteiger partial charge in [0.2, 0.25) is 0 Å². The SMILES string of the molecule is OCc1ccc(C(O)C(O)CCl)o1. The lowest BCUT2D eigenvalue weighted by Crippen LogP contribution is -2.19. The molecule has 0 amide bonds. The Hall–Kier alpha value is -0.550. The highest BCUT2D eigenvalue weighted by Crippen LogP contribution is 2.20. The molecule has 13 heavy (non-hydrogen) atoms. The summed E-state index contributed by atoms with van der Waals surface area (Å²) < 4.78 is 5.00. The topological polar surface area (TPSA) is 73.8 Å². The van der Waals surface area contributed by atoms with Crippen LogP contribution in [0.5, 0.6) is 0 Å². The largest absolute Gasteiger partial charge is 0.461 e. The van der Waals surface area contributed by atoms with Crippen molar-refractivity contribution in [1.82, 2.24) is 0 Å². The molecule has 1 aromatic rings. The number of rotatable bonds is 4. The van der Waals surface area contributed by atoms with Gasteiger partial charge in [-0.05, 0) is 12.1 Å². The second-order valence-corrected chi connectivity index (χ2v) is 2.94. The van der Waals surface area contributed by atoms with E-state index in [1.54, 1.807) is 0 Å². The van der Waals surface area contributed by atoms with E-state index in [2.05, 4.69) is 0 Å². The third-order valence-electron chi connectivity index (χ3n) is 1.65. The van der Waals surface area contributed by atoms with Crippen LogP contribution in [0.25, 0.3) is 0 Å². The molecule has 0 bridgehead atoms. The first-order valence-corrected chi connectivity index (χ1v) is 4.34. The Kier molecular flexibility index (Phi) is 3.74. The van der Waals surface area contributed by atoms with Gasteiger partial charge < -0.3 is 19.7 Å². The van der Waals surface area contributed by atoms with E-state index in [1.807, 2.05) is 0 Å². The monoisotopic (exact) mass is 206 g/mol. The highest BCUT2D eigenvalue weighted by atomic mass is 35.5. The number of aliphatic hydroxyl groups is 3. The zero-order valence-electron chi connectivity index (χ0n) is 6.85. The van der Waals surface area contributed by atoms with Gasteiger partial charge in [0.1, 0.15) is 30.3 Å². The normalized spacial score (nSPS) is 15.7. The molecule has 1 aromatic heterocycles. The van der Waals surface area contributed by atoms with Crippen LogP contribution in [0.1, 0.15) is 17.6 Å². The molecule has 0 saturated heterocycles. The Morgan fingerprint density at radius 2 is 2.08 bits per heavy atom. The molecular formula is C8H11ClO4. The number of hydrogen-bond donors (Lipinski definition) is 3. The fourth-order valence-corrected chi connectivity index (χ4v) is 1.08. The lowest BCUT2D eigenvalue weighted by Gasteiger charge is -2.12. The third kappa shape index (κ3) is 2.45. The van der Waals surface area contributed by atoms with Crippen molar-refractivity contribution in [3.8, 4) is 0 Å². The van der Waals surface area contributed by atoms with Crippen LogP contribution in [0.4, 0.5) is 0 Å². The molecule has 0 spiro atoms. The molecule has 3 N–H and O–H groups in total. The van der Waals surface area contributed by atoms with Crippen LogP contribution in [0.3, 0.4) is 0 Å². The maximum atomic E-state index is 9.39. The van der Waals surface area contributed by atoms with Crippen LogP contribution in [0.15, 0.2) is 16.5 Å². The minimum atomic E-state index is -1.14. The van der Waals surface area contributed by atoms with Gasteiger partial charge >= 0.3 is 0 Å². The molecule has 5 heteroatoms. The average molecular weight is 207 g/mol. The standard InChI is InChI=1S/C8H11ClO4/c9-3-6(11)8(12)7-2-1-5(4-10)13-7/h1-2,6,8,10-12H,3-4H2. The van der Waals surface area contributed by atoms with Gasteiger partial charge in [0.15, 0.2) is 0 Å². The number of furan rings is 1. The highest BCUT2D eigenvalue weighted by molar-refractivity contribution is 6.18. The molecule has 1 rings (SSSR count). The molecule has 74 valence electrons. The second-order valence-electron chi connectivity index (χ2n) is 2.63. The third-order valence-corrected chi connectivity index (χ3v) is 1.97. The van der Waals surface area contributed by atoms with Crippen molar-refractivity contribution in [1.29, 1.82) is 0 Å². The summed E-state index contributed by atoms with van der Waals surface area (Å²) in [6, 6.07) is 3.02. The number of aliphatic hydroxyl groups excluding tert-OH is 3. The van der Waals surface area contributed by atoms with Gasteiger partial charge in [0.05, 0.1) is 5.88 Å². The summed E-state index contributed by atoms with van der Waals surface area (Å²) in [6.45, 7) is -0.232. The van der Waals surface area contributed by atoms with Crippen LogP contribution in [-0.4, -0.2) is 27.3 Å². The first kappa shape index (κ1) is 10.5. The predicted molar refractivity (Wildman–Crippen MR) is 46.3 cm³/mol. The van der Waals surface area contributed by atoms with Crippen molar-refractivity contribution in [2.45, 2.75) is 18.8 Å². The molecule has 4 nitrogen and oxygen atoms in total. The van der Waals surface area contributed by atoms with E-state index in [-0.39, 0.29) is 18.2 Å². The van der Waals surface area contributed by atoms with E-state index in [9.17, 15) is 5.11 Å². The van der Waals surface area contributed by atoms with Crippen molar-refractivity contribution >= 4 is 11.6 Å². The van der Waals surface area contributed by atoms with E-state index in [0.717, 1.165) is 0 Å². The Morgan fingerprint density at radius 3 is 2.54 bits per heavy atom. The first-order valence-electron chi connectivity index (χ1n) is 3.80. The fraction of sp³-hybridized carbons (Fsp3) is 0.500. The quantitative estimate of drug-likeness (QED) is 0.624. The van der Waals surface area contributed by atoms with Crippen LogP contribution in [-0.2, 0) is 6.61 Å². The molecule has 0 aliphatic carbocycles. The van der Waals surface area contributed by atoms with Crippen LogP contribution in [0.2, 0.25) is 0 Å². The van der Waals surface area contributed by atoms with E-state index in [1.165, 1.54) is 12.1 Å². The Balaban J connectivity index is 2.70. The molecule has 0 aromatic carbocycles.